The van der Waals surface area contributed by atoms with Gasteiger partial charge in [-0.25, -0.2) is 9.18 Å². The fourth-order valence-electron chi connectivity index (χ4n) is 4.19. The molecule has 0 aliphatic heterocycles. The quantitative estimate of drug-likeness (QED) is 0.0821. The van der Waals surface area contributed by atoms with Crippen LogP contribution in [0.5, 0.6) is 0 Å². The number of ether oxygens (including phenoxy) is 1. The highest BCUT2D eigenvalue weighted by Gasteiger charge is 2.20. The molecule has 3 N–H and O–H groups in total. The number of esters is 1. The number of benzene rings is 4. The second kappa shape index (κ2) is 16.4. The molecule has 1 unspecified atom stereocenters. The first-order valence-corrected chi connectivity index (χ1v) is 15.6. The van der Waals surface area contributed by atoms with Gasteiger partial charge in [0, 0.05) is 27.4 Å². The van der Waals surface area contributed by atoms with Crippen molar-refractivity contribution >= 4 is 64.5 Å². The summed E-state index contributed by atoms with van der Waals surface area (Å²) in [5.41, 5.74) is 1.33. The molecule has 4 aromatic carbocycles. The van der Waals surface area contributed by atoms with E-state index in [2.05, 4.69) is 16.0 Å². The number of carbonyl (C=O) groups is 4. The number of hydrogen-bond donors (Lipinski definition) is 3. The fourth-order valence-corrected chi connectivity index (χ4v) is 5.43. The summed E-state index contributed by atoms with van der Waals surface area (Å²) < 4.78 is 19.6. The molecule has 4 rings (SSSR count). The maximum absolute atomic E-state index is 14.6. The van der Waals surface area contributed by atoms with E-state index in [1.165, 1.54) is 36.0 Å². The van der Waals surface area contributed by atoms with Gasteiger partial charge in [-0.2, -0.15) is 0 Å². The van der Waals surface area contributed by atoms with Gasteiger partial charge in [-0.15, -0.1) is 11.8 Å². The first-order valence-electron chi connectivity index (χ1n) is 14.4. The molecule has 3 amide bonds. The number of nitrogens with one attached hydrogen (secondary N) is 3. The van der Waals surface area contributed by atoms with Crippen LogP contribution in [0.2, 0.25) is 5.02 Å². The molecule has 0 saturated carbocycles. The van der Waals surface area contributed by atoms with Gasteiger partial charge in [0.1, 0.15) is 11.5 Å². The average molecular weight is 660 g/mol. The standard InChI is InChI=1S/C35H31ClFN3O5S/c1-3-31(34(43)38-24-18-16-23(17-19-24)35(44)45-4-2)46-26-13-8-12-25(20-26)39-33(42)30(21-27-28(36)14-9-15-29(27)37)40-32(41)22-10-6-5-7-11-22/h5-21,31H,3-4H2,1-2H3,(H,38,43)(H,39,42)(H,40,41)/b30-21+. The highest BCUT2D eigenvalue weighted by molar-refractivity contribution is 8.00. The van der Waals surface area contributed by atoms with Crippen molar-refractivity contribution in [2.24, 2.45) is 0 Å². The number of carbonyl (C=O) groups excluding carboxylic acids is 4. The lowest BCUT2D eigenvalue weighted by molar-refractivity contribution is -0.116. The Morgan fingerprint density at radius 2 is 1.57 bits per heavy atom. The molecule has 0 aromatic heterocycles. The second-order valence-electron chi connectivity index (χ2n) is 9.80. The van der Waals surface area contributed by atoms with Gasteiger partial charge >= 0.3 is 5.97 Å². The topological polar surface area (TPSA) is 114 Å². The molecule has 0 spiro atoms. The average Bonchev–Trinajstić information content (AvgIpc) is 3.05. The smallest absolute Gasteiger partial charge is 0.338 e. The van der Waals surface area contributed by atoms with Gasteiger partial charge < -0.3 is 20.7 Å². The lowest BCUT2D eigenvalue weighted by atomic mass is 10.1. The molecule has 1 atom stereocenters. The molecule has 0 heterocycles. The summed E-state index contributed by atoms with van der Waals surface area (Å²) >= 11 is 7.51. The van der Waals surface area contributed by atoms with Gasteiger partial charge in [0.25, 0.3) is 11.8 Å². The van der Waals surface area contributed by atoms with Crippen molar-refractivity contribution in [1.82, 2.24) is 5.32 Å². The van der Waals surface area contributed by atoms with Crippen LogP contribution in [0.3, 0.4) is 0 Å². The van der Waals surface area contributed by atoms with Crippen molar-refractivity contribution in [1.29, 1.82) is 0 Å². The Morgan fingerprint density at radius 3 is 2.24 bits per heavy atom. The van der Waals surface area contributed by atoms with E-state index in [0.29, 0.717) is 33.8 Å². The normalized spacial score (nSPS) is 11.7. The minimum Gasteiger partial charge on any atom is -0.462 e. The van der Waals surface area contributed by atoms with Crippen LogP contribution in [-0.2, 0) is 14.3 Å². The van der Waals surface area contributed by atoms with Gasteiger partial charge in [0.05, 0.1) is 22.4 Å². The number of thioether (sulfide) groups is 1. The SMILES string of the molecule is CCOC(=O)c1ccc(NC(=O)C(CC)Sc2cccc(NC(=O)/C(=C\c3c(F)cccc3Cl)NC(=O)c3ccccc3)c2)cc1. The van der Waals surface area contributed by atoms with Gasteiger partial charge in [0.15, 0.2) is 0 Å². The first kappa shape index (κ1) is 34.0. The van der Waals surface area contributed by atoms with E-state index in [0.717, 1.165) is 0 Å². The highest BCUT2D eigenvalue weighted by atomic mass is 35.5. The van der Waals surface area contributed by atoms with Crippen molar-refractivity contribution < 1.29 is 28.3 Å². The van der Waals surface area contributed by atoms with E-state index < -0.39 is 28.9 Å². The third-order valence-corrected chi connectivity index (χ3v) is 8.20. The van der Waals surface area contributed by atoms with E-state index >= 15 is 0 Å². The monoisotopic (exact) mass is 659 g/mol. The molecule has 11 heteroatoms. The van der Waals surface area contributed by atoms with Gasteiger partial charge in [-0.3, -0.25) is 14.4 Å². The van der Waals surface area contributed by atoms with Crippen LogP contribution in [0, 0.1) is 5.82 Å². The Bertz CT molecular complexity index is 1730. The zero-order valence-corrected chi connectivity index (χ0v) is 26.6. The van der Waals surface area contributed by atoms with Crippen LogP contribution < -0.4 is 16.0 Å². The lowest BCUT2D eigenvalue weighted by Gasteiger charge is -2.16. The summed E-state index contributed by atoms with van der Waals surface area (Å²) in [5.74, 6) is -2.61. The maximum Gasteiger partial charge on any atom is 0.338 e. The Labute approximate surface area is 275 Å². The first-order chi connectivity index (χ1) is 22.2. The molecule has 8 nitrogen and oxygen atoms in total. The molecule has 0 aliphatic carbocycles. The zero-order valence-electron chi connectivity index (χ0n) is 25.0. The molecule has 0 radical (unpaired) electrons. The fraction of sp³-hybridized carbons (Fsp3) is 0.143. The van der Waals surface area contributed by atoms with Crippen molar-refractivity contribution in [2.45, 2.75) is 30.4 Å². The van der Waals surface area contributed by atoms with Crippen LogP contribution in [0.25, 0.3) is 6.08 Å². The Hall–Kier alpha value is -4.93. The number of halogens is 2. The van der Waals surface area contributed by atoms with Crippen LogP contribution in [0.4, 0.5) is 15.8 Å². The Balaban J connectivity index is 1.49. The summed E-state index contributed by atoms with van der Waals surface area (Å²) in [4.78, 5) is 52.1. The predicted octanol–water partition coefficient (Wildman–Crippen LogP) is 7.57. The molecule has 0 saturated heterocycles. The van der Waals surface area contributed by atoms with Crippen molar-refractivity contribution in [3.8, 4) is 0 Å². The summed E-state index contributed by atoms with van der Waals surface area (Å²) in [6, 6.07) is 25.7. The number of hydrogen-bond acceptors (Lipinski definition) is 6. The minimum atomic E-state index is -0.707. The van der Waals surface area contributed by atoms with Crippen molar-refractivity contribution in [3.05, 3.63) is 130 Å². The lowest BCUT2D eigenvalue weighted by Crippen LogP contribution is -2.30. The predicted molar refractivity (Wildman–Crippen MR) is 179 cm³/mol. The van der Waals surface area contributed by atoms with Crippen molar-refractivity contribution in [3.63, 3.8) is 0 Å². The summed E-state index contributed by atoms with van der Waals surface area (Å²) in [6.07, 6.45) is 1.69. The molecular weight excluding hydrogens is 629 g/mol. The molecule has 0 aliphatic rings. The Kier molecular flexibility index (Phi) is 12.1. The number of anilines is 2. The Morgan fingerprint density at radius 1 is 0.848 bits per heavy atom. The molecule has 236 valence electrons. The van der Waals surface area contributed by atoms with Gasteiger partial charge in [0.2, 0.25) is 5.91 Å². The molecule has 0 fully saturated rings. The van der Waals surface area contributed by atoms with Crippen LogP contribution in [-0.4, -0.2) is 35.5 Å². The third-order valence-electron chi connectivity index (χ3n) is 6.51. The van der Waals surface area contributed by atoms with Crippen LogP contribution >= 0.6 is 23.4 Å². The summed E-state index contributed by atoms with van der Waals surface area (Å²) in [6.45, 7) is 3.88. The zero-order chi connectivity index (χ0) is 33.1. The van der Waals surface area contributed by atoms with Crippen LogP contribution in [0.15, 0.2) is 108 Å². The van der Waals surface area contributed by atoms with E-state index in [1.54, 1.807) is 85.8 Å². The molecule has 4 aromatic rings. The van der Waals surface area contributed by atoms with E-state index in [9.17, 15) is 23.6 Å². The summed E-state index contributed by atoms with van der Waals surface area (Å²) in [7, 11) is 0. The second-order valence-corrected chi connectivity index (χ2v) is 11.5. The van der Waals surface area contributed by atoms with E-state index in [-0.39, 0.29) is 28.8 Å². The molecule has 46 heavy (non-hydrogen) atoms. The summed E-state index contributed by atoms with van der Waals surface area (Å²) in [5, 5.41) is 7.77. The van der Waals surface area contributed by atoms with E-state index in [4.69, 9.17) is 16.3 Å². The largest absolute Gasteiger partial charge is 0.462 e. The van der Waals surface area contributed by atoms with E-state index in [1.807, 2.05) is 6.92 Å². The highest BCUT2D eigenvalue weighted by Crippen LogP contribution is 2.29. The van der Waals surface area contributed by atoms with Gasteiger partial charge in [-0.05, 0) is 86.2 Å². The number of amides is 3. The van der Waals surface area contributed by atoms with Gasteiger partial charge in [-0.1, -0.05) is 48.9 Å². The third kappa shape index (κ3) is 9.29. The molecular formula is C35H31ClFN3O5S. The van der Waals surface area contributed by atoms with Crippen LogP contribution in [0.1, 0.15) is 46.5 Å². The minimum absolute atomic E-state index is 0.0562. The number of rotatable bonds is 12. The van der Waals surface area contributed by atoms with Crippen molar-refractivity contribution in [2.75, 3.05) is 17.2 Å². The molecule has 0 bridgehead atoms. The maximum atomic E-state index is 14.6.